The molecule has 0 radical (unpaired) electrons. The number of amides is 1. The molecule has 2 unspecified atom stereocenters. The molecule has 2 N–H and O–H groups in total. The molecule has 0 aromatic heterocycles. The molecule has 88 valence electrons. The molecule has 1 aliphatic heterocycles. The highest BCUT2D eigenvalue weighted by atomic mass is 16.5. The van der Waals surface area contributed by atoms with Crippen LogP contribution in [0.3, 0.4) is 0 Å². The first kappa shape index (κ1) is 12.5. The van der Waals surface area contributed by atoms with Crippen molar-refractivity contribution in [2.45, 2.75) is 32.8 Å². The van der Waals surface area contributed by atoms with Crippen molar-refractivity contribution in [3.8, 4) is 0 Å². The van der Waals surface area contributed by atoms with Gasteiger partial charge in [0.05, 0.1) is 6.10 Å². The van der Waals surface area contributed by atoms with Crippen molar-refractivity contribution in [2.24, 2.45) is 5.92 Å². The summed E-state index contributed by atoms with van der Waals surface area (Å²) in [5.74, 6) is 0.542. The van der Waals surface area contributed by atoms with Gasteiger partial charge in [-0.3, -0.25) is 4.79 Å². The first-order chi connectivity index (χ1) is 7.24. The van der Waals surface area contributed by atoms with Gasteiger partial charge in [-0.2, -0.15) is 0 Å². The Bertz CT molecular complexity index is 197. The van der Waals surface area contributed by atoms with Gasteiger partial charge in [-0.15, -0.1) is 0 Å². The Hall–Kier alpha value is -0.610. The van der Waals surface area contributed by atoms with Crippen LogP contribution in [0.15, 0.2) is 0 Å². The fourth-order valence-electron chi connectivity index (χ4n) is 1.68. The summed E-state index contributed by atoms with van der Waals surface area (Å²) in [6, 6.07) is 0. The quantitative estimate of drug-likeness (QED) is 0.702. The average Bonchev–Trinajstić information content (AvgIpc) is 2.25. The van der Waals surface area contributed by atoms with E-state index in [-0.39, 0.29) is 18.6 Å². The van der Waals surface area contributed by atoms with Crippen molar-refractivity contribution in [3.05, 3.63) is 0 Å². The molecule has 4 heteroatoms. The molecule has 1 amide bonds. The first-order valence-corrected chi connectivity index (χ1v) is 5.83. The molecule has 1 rings (SSSR count). The van der Waals surface area contributed by atoms with Crippen LogP contribution < -0.4 is 10.6 Å². The van der Waals surface area contributed by atoms with E-state index < -0.39 is 0 Å². The maximum Gasteiger partial charge on any atom is 0.246 e. The number of hydrogen-bond acceptors (Lipinski definition) is 3. The van der Waals surface area contributed by atoms with Crippen LogP contribution in [0.1, 0.15) is 26.7 Å². The second-order valence-electron chi connectivity index (χ2n) is 4.17. The van der Waals surface area contributed by atoms with E-state index in [1.54, 1.807) is 0 Å². The van der Waals surface area contributed by atoms with E-state index in [1.165, 1.54) is 0 Å². The van der Waals surface area contributed by atoms with Crippen LogP contribution >= 0.6 is 0 Å². The second-order valence-corrected chi connectivity index (χ2v) is 4.17. The number of ether oxygens (including phenoxy) is 1. The third kappa shape index (κ3) is 4.62. The lowest BCUT2D eigenvalue weighted by Crippen LogP contribution is -2.42. The Morgan fingerprint density at radius 2 is 2.40 bits per heavy atom. The topological polar surface area (TPSA) is 50.4 Å². The molecule has 1 heterocycles. The Morgan fingerprint density at radius 1 is 1.60 bits per heavy atom. The highest BCUT2D eigenvalue weighted by Gasteiger charge is 2.22. The Morgan fingerprint density at radius 3 is 3.07 bits per heavy atom. The number of hydrogen-bond donors (Lipinski definition) is 2. The summed E-state index contributed by atoms with van der Waals surface area (Å²) >= 11 is 0. The highest BCUT2D eigenvalue weighted by Crippen LogP contribution is 2.14. The lowest BCUT2D eigenvalue weighted by Gasteiger charge is -2.29. The number of nitrogens with one attached hydrogen (secondary N) is 2. The van der Waals surface area contributed by atoms with Gasteiger partial charge >= 0.3 is 0 Å². The minimum Gasteiger partial charge on any atom is -0.367 e. The van der Waals surface area contributed by atoms with Crippen LogP contribution in [0.5, 0.6) is 0 Å². The SMILES string of the molecule is CCCNC(=O)COC1CNCCC1C. The van der Waals surface area contributed by atoms with Crippen LogP contribution in [-0.2, 0) is 9.53 Å². The molecule has 1 aliphatic rings. The van der Waals surface area contributed by atoms with E-state index in [4.69, 9.17) is 4.74 Å². The average molecular weight is 214 g/mol. The molecular formula is C11H22N2O2. The molecule has 4 nitrogen and oxygen atoms in total. The molecule has 0 aromatic rings. The fraction of sp³-hybridized carbons (Fsp3) is 0.909. The summed E-state index contributed by atoms with van der Waals surface area (Å²) in [4.78, 5) is 11.3. The van der Waals surface area contributed by atoms with Crippen LogP contribution in [-0.4, -0.2) is 38.3 Å². The summed E-state index contributed by atoms with van der Waals surface area (Å²) in [6.07, 6.45) is 2.28. The predicted molar refractivity (Wildman–Crippen MR) is 59.7 cm³/mol. The normalized spacial score (nSPS) is 26.3. The monoisotopic (exact) mass is 214 g/mol. The van der Waals surface area contributed by atoms with Crippen LogP contribution in [0, 0.1) is 5.92 Å². The van der Waals surface area contributed by atoms with Crippen molar-refractivity contribution in [1.29, 1.82) is 0 Å². The largest absolute Gasteiger partial charge is 0.367 e. The van der Waals surface area contributed by atoms with Gasteiger partial charge in [0.2, 0.25) is 5.91 Å². The maximum atomic E-state index is 11.3. The van der Waals surface area contributed by atoms with Crippen molar-refractivity contribution in [2.75, 3.05) is 26.2 Å². The molecule has 0 aromatic carbocycles. The van der Waals surface area contributed by atoms with Crippen LogP contribution in [0.2, 0.25) is 0 Å². The minimum atomic E-state index is -0.00498. The molecule has 1 saturated heterocycles. The third-order valence-electron chi connectivity index (χ3n) is 2.76. The molecule has 15 heavy (non-hydrogen) atoms. The summed E-state index contributed by atoms with van der Waals surface area (Å²) < 4.78 is 5.58. The molecule has 2 atom stereocenters. The Labute approximate surface area is 91.8 Å². The lowest BCUT2D eigenvalue weighted by atomic mass is 9.97. The Kier molecular flexibility index (Phi) is 5.65. The molecular weight excluding hydrogens is 192 g/mol. The van der Waals surface area contributed by atoms with Crippen molar-refractivity contribution >= 4 is 5.91 Å². The van der Waals surface area contributed by atoms with Gasteiger partial charge in [0, 0.05) is 13.1 Å². The third-order valence-corrected chi connectivity index (χ3v) is 2.76. The van der Waals surface area contributed by atoms with Gasteiger partial charge in [-0.25, -0.2) is 0 Å². The van der Waals surface area contributed by atoms with Gasteiger partial charge in [-0.05, 0) is 25.3 Å². The van der Waals surface area contributed by atoms with E-state index >= 15 is 0 Å². The molecule has 0 saturated carbocycles. The number of rotatable bonds is 5. The zero-order valence-electron chi connectivity index (χ0n) is 9.71. The van der Waals surface area contributed by atoms with Crippen molar-refractivity contribution < 1.29 is 9.53 Å². The molecule has 0 aliphatic carbocycles. The van der Waals surface area contributed by atoms with E-state index in [1.807, 2.05) is 6.92 Å². The van der Waals surface area contributed by atoms with Gasteiger partial charge in [0.25, 0.3) is 0 Å². The smallest absolute Gasteiger partial charge is 0.246 e. The van der Waals surface area contributed by atoms with Gasteiger partial charge in [-0.1, -0.05) is 13.8 Å². The highest BCUT2D eigenvalue weighted by molar-refractivity contribution is 5.77. The van der Waals surface area contributed by atoms with Crippen LogP contribution in [0.4, 0.5) is 0 Å². The van der Waals surface area contributed by atoms with Gasteiger partial charge in [0.15, 0.2) is 0 Å². The summed E-state index contributed by atoms with van der Waals surface area (Å²) in [7, 11) is 0. The molecule has 1 fully saturated rings. The predicted octanol–water partition coefficient (Wildman–Crippen LogP) is 0.527. The maximum absolute atomic E-state index is 11.3. The van der Waals surface area contributed by atoms with E-state index in [9.17, 15) is 4.79 Å². The van der Waals surface area contributed by atoms with Gasteiger partial charge < -0.3 is 15.4 Å². The molecule has 0 spiro atoms. The lowest BCUT2D eigenvalue weighted by molar-refractivity contribution is -0.129. The minimum absolute atomic E-state index is 0.00498. The fourth-order valence-corrected chi connectivity index (χ4v) is 1.68. The van der Waals surface area contributed by atoms with E-state index in [0.717, 1.165) is 32.5 Å². The zero-order chi connectivity index (χ0) is 11.1. The van der Waals surface area contributed by atoms with Crippen molar-refractivity contribution in [1.82, 2.24) is 10.6 Å². The van der Waals surface area contributed by atoms with E-state index in [0.29, 0.717) is 5.92 Å². The standard InChI is InChI=1S/C11H22N2O2/c1-3-5-13-11(14)8-15-10-7-12-6-4-9(10)2/h9-10,12H,3-8H2,1-2H3,(H,13,14). The summed E-state index contributed by atoms with van der Waals surface area (Å²) in [6.45, 7) is 7.06. The number of piperidine rings is 1. The van der Waals surface area contributed by atoms with Gasteiger partial charge in [0.1, 0.15) is 6.61 Å². The number of carbonyl (C=O) groups is 1. The first-order valence-electron chi connectivity index (χ1n) is 5.83. The van der Waals surface area contributed by atoms with Crippen LogP contribution in [0.25, 0.3) is 0 Å². The Balaban J connectivity index is 2.14. The second kappa shape index (κ2) is 6.80. The summed E-state index contributed by atoms with van der Waals surface area (Å²) in [5, 5.41) is 6.08. The molecule has 0 bridgehead atoms. The number of carbonyl (C=O) groups excluding carboxylic acids is 1. The van der Waals surface area contributed by atoms with E-state index in [2.05, 4.69) is 17.6 Å². The summed E-state index contributed by atoms with van der Waals surface area (Å²) in [5.41, 5.74) is 0. The zero-order valence-corrected chi connectivity index (χ0v) is 9.71. The van der Waals surface area contributed by atoms with Crippen molar-refractivity contribution in [3.63, 3.8) is 0 Å².